The van der Waals surface area contributed by atoms with E-state index < -0.39 is 0 Å². The van der Waals surface area contributed by atoms with Gasteiger partial charge in [-0.1, -0.05) is 6.92 Å². The Kier molecular flexibility index (Phi) is 4.93. The summed E-state index contributed by atoms with van der Waals surface area (Å²) in [5.74, 6) is 7.93. The monoisotopic (exact) mass is 265 g/mol. The van der Waals surface area contributed by atoms with E-state index in [0.717, 1.165) is 50.5 Å². The van der Waals surface area contributed by atoms with E-state index in [2.05, 4.69) is 34.3 Å². The lowest BCUT2D eigenvalue weighted by atomic mass is 10.1. The van der Waals surface area contributed by atoms with E-state index in [-0.39, 0.29) is 0 Å². The fourth-order valence-electron chi connectivity index (χ4n) is 2.33. The quantitative estimate of drug-likeness (QED) is 0.618. The van der Waals surface area contributed by atoms with Crippen molar-refractivity contribution in [1.29, 1.82) is 0 Å². The van der Waals surface area contributed by atoms with Gasteiger partial charge in [0.25, 0.3) is 0 Å². The van der Waals surface area contributed by atoms with E-state index in [9.17, 15) is 0 Å². The van der Waals surface area contributed by atoms with Gasteiger partial charge in [0.15, 0.2) is 0 Å². The van der Waals surface area contributed by atoms with Gasteiger partial charge in [0, 0.05) is 38.8 Å². The number of ether oxygens (including phenoxy) is 1. The smallest absolute Gasteiger partial charge is 0.145 e. The molecule has 0 aliphatic carbocycles. The summed E-state index contributed by atoms with van der Waals surface area (Å²) in [6.45, 7) is 3.77. The summed E-state index contributed by atoms with van der Waals surface area (Å²) in [6, 6.07) is 2.37. The van der Waals surface area contributed by atoms with Crippen molar-refractivity contribution in [2.75, 3.05) is 30.6 Å². The molecule has 1 aromatic heterocycles. The summed E-state index contributed by atoms with van der Waals surface area (Å²) >= 11 is 0. The summed E-state index contributed by atoms with van der Waals surface area (Å²) in [4.78, 5) is 11.2. The van der Waals surface area contributed by atoms with Crippen LogP contribution in [0.3, 0.4) is 0 Å². The van der Waals surface area contributed by atoms with Gasteiger partial charge in [-0.3, -0.25) is 0 Å². The Hall–Kier alpha value is -1.40. The Bertz CT molecular complexity index is 406. The minimum Gasteiger partial charge on any atom is -0.381 e. The Morgan fingerprint density at radius 3 is 2.79 bits per heavy atom. The molecule has 2 rings (SSSR count). The van der Waals surface area contributed by atoms with Gasteiger partial charge in [-0.2, -0.15) is 0 Å². The molecular formula is C13H23N5O. The van der Waals surface area contributed by atoms with E-state index in [4.69, 9.17) is 10.6 Å². The molecule has 1 aromatic rings. The maximum absolute atomic E-state index is 5.48. The predicted octanol–water partition coefficient (Wildman–Crippen LogP) is 1.33. The van der Waals surface area contributed by atoms with Crippen molar-refractivity contribution in [1.82, 2.24) is 9.97 Å². The Labute approximate surface area is 114 Å². The standard InChI is InChI=1S/C13H23N5O/c1-3-4-11-15-12(17-14)9-13(16-11)18(2)10-5-7-19-8-6-10/h9-10H,3-8,14H2,1-2H3,(H,15,16,17). The molecule has 0 radical (unpaired) electrons. The van der Waals surface area contributed by atoms with Crippen molar-refractivity contribution < 1.29 is 4.74 Å². The molecule has 106 valence electrons. The number of anilines is 2. The molecule has 1 fully saturated rings. The summed E-state index contributed by atoms with van der Waals surface area (Å²) in [5.41, 5.74) is 2.62. The van der Waals surface area contributed by atoms with Crippen molar-refractivity contribution in [3.63, 3.8) is 0 Å². The van der Waals surface area contributed by atoms with Gasteiger partial charge >= 0.3 is 0 Å². The zero-order valence-corrected chi connectivity index (χ0v) is 11.7. The second-order valence-electron chi connectivity index (χ2n) is 4.88. The second-order valence-corrected chi connectivity index (χ2v) is 4.88. The number of hydrogen-bond donors (Lipinski definition) is 2. The molecule has 0 spiro atoms. The van der Waals surface area contributed by atoms with Crippen molar-refractivity contribution >= 4 is 11.6 Å². The largest absolute Gasteiger partial charge is 0.381 e. The fourth-order valence-corrected chi connectivity index (χ4v) is 2.33. The number of nitrogens with one attached hydrogen (secondary N) is 1. The number of hydrogen-bond acceptors (Lipinski definition) is 6. The van der Waals surface area contributed by atoms with Crippen LogP contribution < -0.4 is 16.2 Å². The van der Waals surface area contributed by atoms with Crippen LogP contribution in [0.4, 0.5) is 11.6 Å². The van der Waals surface area contributed by atoms with Gasteiger partial charge in [-0.15, -0.1) is 0 Å². The number of nitrogen functional groups attached to an aromatic ring is 1. The van der Waals surface area contributed by atoms with Crippen LogP contribution in [0, 0.1) is 0 Å². The number of nitrogens with two attached hydrogens (primary N) is 1. The third kappa shape index (κ3) is 3.54. The molecule has 0 aromatic carbocycles. The highest BCUT2D eigenvalue weighted by atomic mass is 16.5. The average Bonchev–Trinajstić information content (AvgIpc) is 2.47. The molecule has 1 aliphatic rings. The van der Waals surface area contributed by atoms with E-state index in [1.807, 2.05) is 6.07 Å². The third-order valence-electron chi connectivity index (χ3n) is 3.48. The first-order valence-electron chi connectivity index (χ1n) is 6.89. The van der Waals surface area contributed by atoms with Crippen molar-refractivity contribution in [2.45, 2.75) is 38.6 Å². The first-order chi connectivity index (χ1) is 9.24. The molecular weight excluding hydrogens is 242 g/mol. The third-order valence-corrected chi connectivity index (χ3v) is 3.48. The lowest BCUT2D eigenvalue weighted by Crippen LogP contribution is -2.37. The zero-order chi connectivity index (χ0) is 13.7. The molecule has 2 heterocycles. The van der Waals surface area contributed by atoms with Crippen LogP contribution in [0.25, 0.3) is 0 Å². The first-order valence-corrected chi connectivity index (χ1v) is 6.89. The second kappa shape index (κ2) is 6.68. The van der Waals surface area contributed by atoms with Gasteiger partial charge in [0.05, 0.1) is 0 Å². The molecule has 0 unspecified atom stereocenters. The lowest BCUT2D eigenvalue weighted by Gasteiger charge is -2.32. The lowest BCUT2D eigenvalue weighted by molar-refractivity contribution is 0.0853. The number of nitrogens with zero attached hydrogens (tertiary/aromatic N) is 3. The normalized spacial score (nSPS) is 16.4. The van der Waals surface area contributed by atoms with E-state index in [0.29, 0.717) is 11.9 Å². The van der Waals surface area contributed by atoms with E-state index in [1.54, 1.807) is 0 Å². The summed E-state index contributed by atoms with van der Waals surface area (Å²) in [7, 11) is 2.08. The minimum atomic E-state index is 0.476. The molecule has 0 amide bonds. The van der Waals surface area contributed by atoms with E-state index >= 15 is 0 Å². The van der Waals surface area contributed by atoms with Crippen LogP contribution >= 0.6 is 0 Å². The molecule has 1 aliphatic heterocycles. The summed E-state index contributed by atoms with van der Waals surface area (Å²) in [6.07, 6.45) is 3.96. The fraction of sp³-hybridized carbons (Fsp3) is 0.692. The molecule has 0 atom stereocenters. The van der Waals surface area contributed by atoms with Crippen LogP contribution in [0.1, 0.15) is 32.0 Å². The molecule has 19 heavy (non-hydrogen) atoms. The number of rotatable bonds is 5. The van der Waals surface area contributed by atoms with Gasteiger partial charge in [0.1, 0.15) is 17.5 Å². The average molecular weight is 265 g/mol. The summed E-state index contributed by atoms with van der Waals surface area (Å²) < 4.78 is 5.40. The zero-order valence-electron chi connectivity index (χ0n) is 11.7. The number of hydrazine groups is 1. The van der Waals surface area contributed by atoms with Gasteiger partial charge < -0.3 is 15.1 Å². The van der Waals surface area contributed by atoms with Gasteiger partial charge in [0.2, 0.25) is 0 Å². The van der Waals surface area contributed by atoms with Gasteiger partial charge in [-0.25, -0.2) is 15.8 Å². The molecule has 0 saturated carbocycles. The van der Waals surface area contributed by atoms with Crippen molar-refractivity contribution in [2.24, 2.45) is 5.84 Å². The molecule has 3 N–H and O–H groups in total. The Morgan fingerprint density at radius 1 is 1.42 bits per heavy atom. The number of aromatic nitrogens is 2. The van der Waals surface area contributed by atoms with E-state index in [1.165, 1.54) is 0 Å². The van der Waals surface area contributed by atoms with Crippen LogP contribution in [0.15, 0.2) is 6.07 Å². The minimum absolute atomic E-state index is 0.476. The Balaban J connectivity index is 2.18. The highest BCUT2D eigenvalue weighted by molar-refractivity contribution is 5.49. The van der Waals surface area contributed by atoms with Crippen molar-refractivity contribution in [3.8, 4) is 0 Å². The Morgan fingerprint density at radius 2 is 2.16 bits per heavy atom. The van der Waals surface area contributed by atoms with Crippen LogP contribution in [-0.4, -0.2) is 36.3 Å². The van der Waals surface area contributed by atoms with Crippen LogP contribution in [0.2, 0.25) is 0 Å². The highest BCUT2D eigenvalue weighted by Crippen LogP contribution is 2.21. The first kappa shape index (κ1) is 14.0. The highest BCUT2D eigenvalue weighted by Gasteiger charge is 2.20. The van der Waals surface area contributed by atoms with Crippen LogP contribution in [-0.2, 0) is 11.2 Å². The molecule has 6 nitrogen and oxygen atoms in total. The molecule has 1 saturated heterocycles. The SMILES string of the molecule is CCCc1nc(NN)cc(N(C)C2CCOCC2)n1. The molecule has 6 heteroatoms. The summed E-state index contributed by atoms with van der Waals surface area (Å²) in [5, 5.41) is 0. The molecule has 0 bridgehead atoms. The van der Waals surface area contributed by atoms with Gasteiger partial charge in [-0.05, 0) is 19.3 Å². The van der Waals surface area contributed by atoms with Crippen LogP contribution in [0.5, 0.6) is 0 Å². The topological polar surface area (TPSA) is 76.3 Å². The number of aryl methyl sites for hydroxylation is 1. The predicted molar refractivity (Wildman–Crippen MR) is 76.1 cm³/mol. The maximum Gasteiger partial charge on any atom is 0.145 e. The maximum atomic E-state index is 5.48. The van der Waals surface area contributed by atoms with Crippen molar-refractivity contribution in [3.05, 3.63) is 11.9 Å².